The number of anilines is 1. The Kier molecular flexibility index (Phi) is 8.17. The molecule has 1 aliphatic rings. The minimum atomic E-state index is -0.555. The lowest BCUT2D eigenvalue weighted by Crippen LogP contribution is -2.45. The molecule has 0 unspecified atom stereocenters. The number of likely N-dealkylation sites (tertiary alicyclic amines) is 1. The van der Waals surface area contributed by atoms with E-state index >= 15 is 0 Å². The highest BCUT2D eigenvalue weighted by atomic mass is 16.5. The molecule has 0 radical (unpaired) electrons. The first-order valence-corrected chi connectivity index (χ1v) is 11.4. The molecule has 1 heterocycles. The van der Waals surface area contributed by atoms with Crippen LogP contribution in [0.4, 0.5) is 5.69 Å². The van der Waals surface area contributed by atoms with Crippen molar-refractivity contribution in [3.8, 4) is 5.75 Å². The van der Waals surface area contributed by atoms with Crippen molar-refractivity contribution in [3.05, 3.63) is 59.7 Å². The van der Waals surface area contributed by atoms with Gasteiger partial charge in [0.2, 0.25) is 0 Å². The molecular formula is C26H38N2O2. The van der Waals surface area contributed by atoms with Gasteiger partial charge in [-0.2, -0.15) is 0 Å². The van der Waals surface area contributed by atoms with Crippen molar-refractivity contribution in [2.45, 2.75) is 58.1 Å². The molecular weight excluding hydrogens is 372 g/mol. The summed E-state index contributed by atoms with van der Waals surface area (Å²) in [6.45, 7) is 8.83. The van der Waals surface area contributed by atoms with Gasteiger partial charge in [-0.1, -0.05) is 43.2 Å². The molecule has 164 valence electrons. The van der Waals surface area contributed by atoms with E-state index in [0.717, 1.165) is 70.6 Å². The molecule has 30 heavy (non-hydrogen) atoms. The predicted octanol–water partition coefficient (Wildman–Crippen LogP) is 5.03. The molecule has 1 saturated heterocycles. The highest BCUT2D eigenvalue weighted by molar-refractivity contribution is 5.48. The Morgan fingerprint density at radius 1 is 1.10 bits per heavy atom. The fourth-order valence-corrected chi connectivity index (χ4v) is 4.08. The molecule has 4 heteroatoms. The normalized spacial score (nSPS) is 16.4. The lowest BCUT2D eigenvalue weighted by atomic mass is 9.88. The van der Waals surface area contributed by atoms with Gasteiger partial charge in [0, 0.05) is 38.9 Å². The van der Waals surface area contributed by atoms with Crippen LogP contribution in [0, 0.1) is 6.92 Å². The van der Waals surface area contributed by atoms with Crippen molar-refractivity contribution >= 4 is 5.69 Å². The average Bonchev–Trinajstić information content (AvgIpc) is 2.75. The minimum absolute atomic E-state index is 0.555. The van der Waals surface area contributed by atoms with Crippen molar-refractivity contribution in [2.24, 2.45) is 0 Å². The smallest absolute Gasteiger partial charge is 0.119 e. The Hall–Kier alpha value is -2.04. The van der Waals surface area contributed by atoms with Crippen LogP contribution in [0.2, 0.25) is 0 Å². The number of rotatable bonds is 10. The lowest BCUT2D eigenvalue weighted by molar-refractivity contribution is -0.0275. The first-order chi connectivity index (χ1) is 14.5. The summed E-state index contributed by atoms with van der Waals surface area (Å²) in [7, 11) is 2.10. The number of hydrogen-bond acceptors (Lipinski definition) is 4. The Balaban J connectivity index is 1.43. The summed E-state index contributed by atoms with van der Waals surface area (Å²) >= 11 is 0. The number of benzene rings is 2. The molecule has 0 aromatic heterocycles. The summed E-state index contributed by atoms with van der Waals surface area (Å²) < 4.78 is 5.75. The molecule has 0 bridgehead atoms. The summed E-state index contributed by atoms with van der Waals surface area (Å²) in [6.07, 6.45) is 4.72. The second-order valence-corrected chi connectivity index (χ2v) is 8.86. The van der Waals surface area contributed by atoms with Gasteiger partial charge in [-0.25, -0.2) is 0 Å². The zero-order valence-electron chi connectivity index (χ0n) is 18.9. The predicted molar refractivity (Wildman–Crippen MR) is 125 cm³/mol. The number of aryl methyl sites for hydroxylation is 1. The van der Waals surface area contributed by atoms with Crippen molar-refractivity contribution < 1.29 is 9.84 Å². The van der Waals surface area contributed by atoms with Gasteiger partial charge in [-0.05, 0) is 62.4 Å². The maximum absolute atomic E-state index is 11.1. The van der Waals surface area contributed by atoms with Crippen LogP contribution < -0.4 is 9.64 Å². The minimum Gasteiger partial charge on any atom is -0.494 e. The van der Waals surface area contributed by atoms with Crippen LogP contribution in [0.1, 0.15) is 50.2 Å². The standard InChI is InChI=1S/C26H38N2O2/c1-4-5-19-30-25-11-9-24(10-12-25)27(3)16-13-26(29)14-17-28(18-15-26)21-23-8-6-7-22(2)20-23/h6-12,20,29H,4-5,13-19,21H2,1-3H3. The van der Waals surface area contributed by atoms with Gasteiger partial charge >= 0.3 is 0 Å². The van der Waals surface area contributed by atoms with E-state index in [1.807, 2.05) is 12.1 Å². The van der Waals surface area contributed by atoms with E-state index in [2.05, 4.69) is 67.1 Å². The Bertz CT molecular complexity index is 767. The quantitative estimate of drug-likeness (QED) is 0.558. The molecule has 0 amide bonds. The van der Waals surface area contributed by atoms with Crippen molar-refractivity contribution in [1.29, 1.82) is 0 Å². The van der Waals surface area contributed by atoms with E-state index in [0.29, 0.717) is 0 Å². The van der Waals surface area contributed by atoms with Crippen LogP contribution >= 0.6 is 0 Å². The van der Waals surface area contributed by atoms with E-state index in [1.165, 1.54) is 16.8 Å². The molecule has 4 nitrogen and oxygen atoms in total. The Morgan fingerprint density at radius 3 is 2.50 bits per heavy atom. The first kappa shape index (κ1) is 22.6. The molecule has 2 aromatic carbocycles. The van der Waals surface area contributed by atoms with Crippen LogP contribution in [0.3, 0.4) is 0 Å². The number of hydrogen-bond donors (Lipinski definition) is 1. The van der Waals surface area contributed by atoms with Crippen molar-refractivity contribution in [3.63, 3.8) is 0 Å². The SMILES string of the molecule is CCCCOc1ccc(N(C)CCC2(O)CCN(Cc3cccc(C)c3)CC2)cc1. The van der Waals surface area contributed by atoms with Crippen LogP contribution in [0.15, 0.2) is 48.5 Å². The molecule has 1 aliphatic heterocycles. The van der Waals surface area contributed by atoms with E-state index in [4.69, 9.17) is 4.74 Å². The number of ether oxygens (including phenoxy) is 1. The van der Waals surface area contributed by atoms with Gasteiger partial charge in [-0.15, -0.1) is 0 Å². The van der Waals surface area contributed by atoms with Crippen LogP contribution in [-0.4, -0.2) is 48.9 Å². The summed E-state index contributed by atoms with van der Waals surface area (Å²) in [4.78, 5) is 4.69. The molecule has 2 aromatic rings. The number of unbranched alkanes of at least 4 members (excludes halogenated alkanes) is 1. The van der Waals surface area contributed by atoms with E-state index in [1.54, 1.807) is 0 Å². The summed E-state index contributed by atoms with van der Waals surface area (Å²) in [6, 6.07) is 17.0. The maximum atomic E-state index is 11.1. The zero-order valence-corrected chi connectivity index (χ0v) is 18.9. The van der Waals surface area contributed by atoms with Gasteiger partial charge in [0.05, 0.1) is 12.2 Å². The van der Waals surface area contributed by atoms with E-state index in [-0.39, 0.29) is 0 Å². The molecule has 0 spiro atoms. The van der Waals surface area contributed by atoms with Gasteiger partial charge < -0.3 is 14.7 Å². The van der Waals surface area contributed by atoms with Crippen LogP contribution in [-0.2, 0) is 6.54 Å². The highest BCUT2D eigenvalue weighted by Gasteiger charge is 2.32. The molecule has 0 aliphatic carbocycles. The van der Waals surface area contributed by atoms with Gasteiger partial charge in [0.15, 0.2) is 0 Å². The molecule has 3 rings (SSSR count). The maximum Gasteiger partial charge on any atom is 0.119 e. The van der Waals surface area contributed by atoms with Crippen LogP contribution in [0.5, 0.6) is 5.75 Å². The number of aliphatic hydroxyl groups is 1. The van der Waals surface area contributed by atoms with Crippen molar-refractivity contribution in [2.75, 3.05) is 38.2 Å². The van der Waals surface area contributed by atoms with E-state index < -0.39 is 5.60 Å². The molecule has 1 fully saturated rings. The summed E-state index contributed by atoms with van der Waals surface area (Å²) in [5.41, 5.74) is 3.28. The fraction of sp³-hybridized carbons (Fsp3) is 0.538. The van der Waals surface area contributed by atoms with Gasteiger partial charge in [0.25, 0.3) is 0 Å². The third-order valence-electron chi connectivity index (χ3n) is 6.23. The van der Waals surface area contributed by atoms with Crippen molar-refractivity contribution in [1.82, 2.24) is 4.90 Å². The molecule has 1 N–H and O–H groups in total. The average molecular weight is 411 g/mol. The monoisotopic (exact) mass is 410 g/mol. The van der Waals surface area contributed by atoms with E-state index in [9.17, 15) is 5.11 Å². The lowest BCUT2D eigenvalue weighted by Gasteiger charge is -2.39. The fourth-order valence-electron chi connectivity index (χ4n) is 4.08. The van der Waals surface area contributed by atoms with Gasteiger partial charge in [-0.3, -0.25) is 4.90 Å². The largest absolute Gasteiger partial charge is 0.494 e. The second-order valence-electron chi connectivity index (χ2n) is 8.86. The number of piperidine rings is 1. The zero-order chi connectivity index (χ0) is 21.4. The highest BCUT2D eigenvalue weighted by Crippen LogP contribution is 2.28. The second kappa shape index (κ2) is 10.8. The third kappa shape index (κ3) is 6.75. The van der Waals surface area contributed by atoms with Gasteiger partial charge in [0.1, 0.15) is 5.75 Å². The molecule has 0 saturated carbocycles. The first-order valence-electron chi connectivity index (χ1n) is 11.4. The Morgan fingerprint density at radius 2 is 1.83 bits per heavy atom. The summed E-state index contributed by atoms with van der Waals surface area (Å²) in [5.74, 6) is 0.931. The summed E-state index contributed by atoms with van der Waals surface area (Å²) in [5, 5.41) is 11.1. The third-order valence-corrected chi connectivity index (χ3v) is 6.23. The topological polar surface area (TPSA) is 35.9 Å². The molecule has 0 atom stereocenters. The Labute approximate surface area is 182 Å². The number of nitrogens with zero attached hydrogens (tertiary/aromatic N) is 2. The van der Waals surface area contributed by atoms with Crippen LogP contribution in [0.25, 0.3) is 0 Å².